The summed E-state index contributed by atoms with van der Waals surface area (Å²) in [5.41, 5.74) is 1.21. The number of fused-ring (bicyclic) bond motifs is 1. The minimum Gasteiger partial charge on any atom is -0.506 e. The summed E-state index contributed by atoms with van der Waals surface area (Å²) in [6, 6.07) is 12.0. The third-order valence-electron chi connectivity index (χ3n) is 4.10. The van der Waals surface area contributed by atoms with Gasteiger partial charge >= 0.3 is 5.97 Å². The zero-order chi connectivity index (χ0) is 17.3. The van der Waals surface area contributed by atoms with E-state index < -0.39 is 5.41 Å². The van der Waals surface area contributed by atoms with Gasteiger partial charge in [0.25, 0.3) is 0 Å². The number of ether oxygens (including phenoxy) is 1. The van der Waals surface area contributed by atoms with Crippen LogP contribution in [0.4, 0.5) is 0 Å². The number of phenols is 1. The van der Waals surface area contributed by atoms with Crippen LogP contribution in [0.25, 0.3) is 16.7 Å². The quantitative estimate of drug-likeness (QED) is 0.587. The second-order valence-electron chi connectivity index (χ2n) is 6.26. The van der Waals surface area contributed by atoms with Crippen molar-refractivity contribution in [1.82, 2.24) is 15.0 Å². The highest BCUT2D eigenvalue weighted by Gasteiger charge is 2.27. The Morgan fingerprint density at radius 3 is 2.38 bits per heavy atom. The Bertz CT molecular complexity index is 866. The lowest BCUT2D eigenvalue weighted by Crippen LogP contribution is -2.28. The normalized spacial score (nSPS) is 11.6. The number of benzene rings is 2. The molecule has 0 bridgehead atoms. The number of carbonyl (C=O) groups is 1. The fourth-order valence-electron chi connectivity index (χ4n) is 2.08. The van der Waals surface area contributed by atoms with Gasteiger partial charge in [0.15, 0.2) is 0 Å². The molecule has 0 spiro atoms. The van der Waals surface area contributed by atoms with Gasteiger partial charge in [-0.2, -0.15) is 0 Å². The monoisotopic (exact) mass is 325 g/mol. The largest absolute Gasteiger partial charge is 0.506 e. The lowest BCUT2D eigenvalue weighted by Gasteiger charge is -2.20. The number of esters is 1. The standard InChI is InChI=1S/C18H19N3O3/c1-4-18(2,3)17(23)24-12-9-10-16(22)15(11-12)21-19-13-7-5-6-8-14(13)20-21/h5-11,22H,4H2,1-3H3. The van der Waals surface area contributed by atoms with Crippen molar-refractivity contribution in [3.8, 4) is 17.2 Å². The van der Waals surface area contributed by atoms with E-state index >= 15 is 0 Å². The Hall–Kier alpha value is -2.89. The molecule has 0 fully saturated rings. The van der Waals surface area contributed by atoms with E-state index in [2.05, 4.69) is 10.2 Å². The molecule has 0 amide bonds. The summed E-state index contributed by atoms with van der Waals surface area (Å²) in [4.78, 5) is 13.6. The smallest absolute Gasteiger partial charge is 0.316 e. The van der Waals surface area contributed by atoms with Crippen LogP contribution in [0, 0.1) is 5.41 Å². The topological polar surface area (TPSA) is 77.2 Å². The first-order chi connectivity index (χ1) is 11.4. The molecule has 0 unspecified atom stereocenters. The molecule has 0 aliphatic heterocycles. The molecular weight excluding hydrogens is 306 g/mol. The van der Waals surface area contributed by atoms with Crippen LogP contribution in [0.5, 0.6) is 11.5 Å². The molecule has 0 radical (unpaired) electrons. The Kier molecular flexibility index (Phi) is 3.97. The third kappa shape index (κ3) is 2.95. The number of hydrogen-bond donors (Lipinski definition) is 1. The fraction of sp³-hybridized carbons (Fsp3) is 0.278. The number of hydrogen-bond acceptors (Lipinski definition) is 5. The number of aromatic nitrogens is 3. The van der Waals surface area contributed by atoms with Gasteiger partial charge in [-0.15, -0.1) is 15.0 Å². The predicted octanol–water partition coefficient (Wildman–Crippen LogP) is 3.47. The van der Waals surface area contributed by atoms with Crippen LogP contribution in [0.1, 0.15) is 27.2 Å². The molecule has 3 aromatic rings. The van der Waals surface area contributed by atoms with Crippen molar-refractivity contribution in [3.05, 3.63) is 42.5 Å². The van der Waals surface area contributed by atoms with E-state index in [1.54, 1.807) is 12.1 Å². The van der Waals surface area contributed by atoms with Crippen LogP contribution in [-0.4, -0.2) is 26.1 Å². The summed E-state index contributed by atoms with van der Waals surface area (Å²) < 4.78 is 5.44. The lowest BCUT2D eigenvalue weighted by atomic mass is 9.91. The highest BCUT2D eigenvalue weighted by atomic mass is 16.5. The van der Waals surface area contributed by atoms with Gasteiger partial charge in [0.1, 0.15) is 28.2 Å². The molecule has 2 aromatic carbocycles. The van der Waals surface area contributed by atoms with Gasteiger partial charge < -0.3 is 9.84 Å². The first-order valence-corrected chi connectivity index (χ1v) is 7.78. The number of aromatic hydroxyl groups is 1. The van der Waals surface area contributed by atoms with Gasteiger partial charge in [-0.1, -0.05) is 19.1 Å². The SMILES string of the molecule is CCC(C)(C)C(=O)Oc1ccc(O)c(-n2nc3ccccc3n2)c1. The van der Waals surface area contributed by atoms with Crippen LogP contribution in [0.2, 0.25) is 0 Å². The Balaban J connectivity index is 1.96. The Morgan fingerprint density at radius 1 is 1.17 bits per heavy atom. The summed E-state index contributed by atoms with van der Waals surface area (Å²) >= 11 is 0. The van der Waals surface area contributed by atoms with Gasteiger partial charge in [-0.3, -0.25) is 4.79 Å². The van der Waals surface area contributed by atoms with Crippen molar-refractivity contribution in [2.45, 2.75) is 27.2 Å². The molecule has 0 saturated heterocycles. The van der Waals surface area contributed by atoms with Gasteiger partial charge in [-0.25, -0.2) is 0 Å². The van der Waals surface area contributed by atoms with Crippen LogP contribution in [0.3, 0.4) is 0 Å². The number of carbonyl (C=O) groups excluding carboxylic acids is 1. The van der Waals surface area contributed by atoms with E-state index in [9.17, 15) is 9.90 Å². The molecule has 1 heterocycles. The van der Waals surface area contributed by atoms with Crippen molar-refractivity contribution >= 4 is 17.0 Å². The molecular formula is C18H19N3O3. The molecule has 1 aromatic heterocycles. The highest BCUT2D eigenvalue weighted by Crippen LogP contribution is 2.29. The molecule has 0 saturated carbocycles. The summed E-state index contributed by atoms with van der Waals surface area (Å²) in [7, 11) is 0. The lowest BCUT2D eigenvalue weighted by molar-refractivity contribution is -0.144. The maximum atomic E-state index is 12.2. The average molecular weight is 325 g/mol. The van der Waals surface area contributed by atoms with Gasteiger partial charge in [0, 0.05) is 6.07 Å². The summed E-state index contributed by atoms with van der Waals surface area (Å²) in [5.74, 6) is 0.0285. The van der Waals surface area contributed by atoms with Crippen LogP contribution in [0.15, 0.2) is 42.5 Å². The number of nitrogens with zero attached hydrogens (tertiary/aromatic N) is 3. The minimum absolute atomic E-state index is 0.00450. The number of rotatable bonds is 4. The molecule has 6 heteroatoms. The van der Waals surface area contributed by atoms with E-state index in [1.807, 2.05) is 45.0 Å². The zero-order valence-electron chi connectivity index (χ0n) is 13.9. The van der Waals surface area contributed by atoms with Crippen molar-refractivity contribution in [3.63, 3.8) is 0 Å². The number of phenolic OH excluding ortho intramolecular Hbond substituents is 1. The van der Waals surface area contributed by atoms with E-state index in [1.165, 1.54) is 10.9 Å². The molecule has 124 valence electrons. The van der Waals surface area contributed by atoms with Crippen molar-refractivity contribution in [2.75, 3.05) is 0 Å². The average Bonchev–Trinajstić information content (AvgIpc) is 3.00. The Labute approximate surface area is 139 Å². The third-order valence-corrected chi connectivity index (χ3v) is 4.10. The predicted molar refractivity (Wildman–Crippen MR) is 90.2 cm³/mol. The van der Waals surface area contributed by atoms with Crippen LogP contribution < -0.4 is 4.74 Å². The highest BCUT2D eigenvalue weighted by molar-refractivity contribution is 5.78. The molecule has 0 aliphatic rings. The van der Waals surface area contributed by atoms with Crippen molar-refractivity contribution in [2.24, 2.45) is 5.41 Å². The second kappa shape index (κ2) is 5.96. The second-order valence-corrected chi connectivity index (χ2v) is 6.26. The maximum absolute atomic E-state index is 12.2. The Morgan fingerprint density at radius 2 is 1.79 bits per heavy atom. The first kappa shape index (κ1) is 16.0. The molecule has 24 heavy (non-hydrogen) atoms. The summed E-state index contributed by atoms with van der Waals surface area (Å²) in [6.45, 7) is 5.60. The van der Waals surface area contributed by atoms with Crippen LogP contribution in [-0.2, 0) is 4.79 Å². The molecule has 6 nitrogen and oxygen atoms in total. The molecule has 0 aliphatic carbocycles. The van der Waals surface area contributed by atoms with Crippen molar-refractivity contribution < 1.29 is 14.6 Å². The first-order valence-electron chi connectivity index (χ1n) is 7.78. The summed E-state index contributed by atoms with van der Waals surface area (Å²) in [5, 5.41) is 18.8. The molecule has 1 N–H and O–H groups in total. The van der Waals surface area contributed by atoms with E-state index in [0.29, 0.717) is 28.9 Å². The maximum Gasteiger partial charge on any atom is 0.316 e. The van der Waals surface area contributed by atoms with Gasteiger partial charge in [0.2, 0.25) is 0 Å². The summed E-state index contributed by atoms with van der Waals surface area (Å²) in [6.07, 6.45) is 0.670. The van der Waals surface area contributed by atoms with Gasteiger partial charge in [-0.05, 0) is 44.5 Å². The molecule has 0 atom stereocenters. The van der Waals surface area contributed by atoms with E-state index in [4.69, 9.17) is 4.74 Å². The molecule has 3 rings (SSSR count). The van der Waals surface area contributed by atoms with Crippen LogP contribution >= 0.6 is 0 Å². The van der Waals surface area contributed by atoms with E-state index in [-0.39, 0.29) is 11.7 Å². The van der Waals surface area contributed by atoms with Crippen molar-refractivity contribution in [1.29, 1.82) is 0 Å². The zero-order valence-corrected chi connectivity index (χ0v) is 13.9. The fourth-order valence-corrected chi connectivity index (χ4v) is 2.08. The van der Waals surface area contributed by atoms with Gasteiger partial charge in [0.05, 0.1) is 5.41 Å². The minimum atomic E-state index is -0.573. The van der Waals surface area contributed by atoms with E-state index in [0.717, 1.165) is 0 Å².